The first-order valence-corrected chi connectivity index (χ1v) is 7.24. The maximum atomic E-state index is 12.1. The molecule has 0 saturated carbocycles. The van der Waals surface area contributed by atoms with Crippen LogP contribution in [-0.4, -0.2) is 37.8 Å². The molecule has 3 aliphatic rings. The van der Waals surface area contributed by atoms with Crippen molar-refractivity contribution in [3.63, 3.8) is 0 Å². The summed E-state index contributed by atoms with van der Waals surface area (Å²) in [6, 6.07) is 0. The number of nitrogens with one attached hydrogen (secondary N) is 2. The normalized spacial score (nSPS) is 35.1. The van der Waals surface area contributed by atoms with Crippen LogP contribution in [0, 0.1) is 0 Å². The van der Waals surface area contributed by atoms with E-state index in [0.29, 0.717) is 6.42 Å². The maximum absolute atomic E-state index is 12.1. The zero-order chi connectivity index (χ0) is 11.9. The number of sulfonamides is 1. The number of hydrogen-bond acceptors (Lipinski definition) is 5. The fourth-order valence-electron chi connectivity index (χ4n) is 2.51. The summed E-state index contributed by atoms with van der Waals surface area (Å²) in [5, 5.41) is 2.86. The van der Waals surface area contributed by atoms with Crippen molar-refractivity contribution in [1.29, 1.82) is 0 Å². The van der Waals surface area contributed by atoms with Gasteiger partial charge in [-0.05, 0) is 19.4 Å². The van der Waals surface area contributed by atoms with Crippen LogP contribution in [0.1, 0.15) is 12.8 Å². The van der Waals surface area contributed by atoms with Gasteiger partial charge in [-0.2, -0.15) is 0 Å². The highest BCUT2D eigenvalue weighted by molar-refractivity contribution is 7.90. The summed E-state index contributed by atoms with van der Waals surface area (Å²) < 4.78 is 31.9. The summed E-state index contributed by atoms with van der Waals surface area (Å²) in [7, 11) is -3.26. The molecule has 3 heterocycles. The lowest BCUT2D eigenvalue weighted by molar-refractivity contribution is 0.213. The van der Waals surface area contributed by atoms with Crippen LogP contribution < -0.4 is 10.0 Å². The van der Waals surface area contributed by atoms with E-state index in [4.69, 9.17) is 4.74 Å². The molecule has 0 aromatic carbocycles. The van der Waals surface area contributed by atoms with Crippen molar-refractivity contribution in [1.82, 2.24) is 14.9 Å². The second kappa shape index (κ2) is 4.01. The molecule has 0 amide bonds. The highest BCUT2D eigenvalue weighted by atomic mass is 32.2. The number of hydrogen-bond donors (Lipinski definition) is 2. The van der Waals surface area contributed by atoms with Crippen LogP contribution in [0.4, 0.5) is 0 Å². The van der Waals surface area contributed by atoms with Gasteiger partial charge >= 0.3 is 0 Å². The number of fused-ring (bicyclic) bond motifs is 3. The smallest absolute Gasteiger partial charge is 0.218 e. The van der Waals surface area contributed by atoms with Crippen molar-refractivity contribution in [2.45, 2.75) is 24.3 Å². The Hall–Kier alpha value is -1.05. The molecule has 2 fully saturated rings. The van der Waals surface area contributed by atoms with Gasteiger partial charge < -0.3 is 9.64 Å². The summed E-state index contributed by atoms with van der Waals surface area (Å²) in [5.41, 5.74) is 0.831. The Balaban J connectivity index is 2.01. The maximum Gasteiger partial charge on any atom is 0.218 e. The Morgan fingerprint density at radius 1 is 1.47 bits per heavy atom. The first kappa shape index (κ1) is 11.1. The van der Waals surface area contributed by atoms with Crippen LogP contribution in [0.3, 0.4) is 0 Å². The first-order chi connectivity index (χ1) is 8.18. The van der Waals surface area contributed by atoms with Gasteiger partial charge in [-0.3, -0.25) is 5.32 Å². The van der Waals surface area contributed by atoms with Gasteiger partial charge in [-0.1, -0.05) is 0 Å². The molecule has 3 rings (SSSR count). The highest BCUT2D eigenvalue weighted by Crippen LogP contribution is 2.26. The molecule has 7 heteroatoms. The molecule has 0 aromatic heterocycles. The molecule has 0 spiro atoms. The highest BCUT2D eigenvalue weighted by Gasteiger charge is 2.42. The topological polar surface area (TPSA) is 70.7 Å². The van der Waals surface area contributed by atoms with Crippen molar-refractivity contribution in [2.75, 3.05) is 13.1 Å². The molecule has 0 bridgehead atoms. The predicted octanol–water partition coefficient (Wildman–Crippen LogP) is -0.358. The van der Waals surface area contributed by atoms with E-state index in [9.17, 15) is 8.42 Å². The second-order valence-corrected chi connectivity index (χ2v) is 6.37. The SMILES string of the molecule is O=S1(=O)NCC2=COC=CN2C2NCCCC21. The largest absolute Gasteiger partial charge is 0.469 e. The number of piperidine rings is 1. The molecule has 0 radical (unpaired) electrons. The Bertz CT molecular complexity index is 471. The van der Waals surface area contributed by atoms with Gasteiger partial charge in [0, 0.05) is 6.20 Å². The average molecular weight is 257 g/mol. The van der Waals surface area contributed by atoms with E-state index in [-0.39, 0.29) is 12.7 Å². The number of rotatable bonds is 0. The Labute approximate surface area is 100 Å². The molecule has 2 N–H and O–H groups in total. The fraction of sp³-hybridized carbons (Fsp3) is 0.600. The van der Waals surface area contributed by atoms with Crippen molar-refractivity contribution in [2.24, 2.45) is 0 Å². The Morgan fingerprint density at radius 3 is 3.24 bits per heavy atom. The molecule has 94 valence electrons. The minimum absolute atomic E-state index is 0.199. The number of ether oxygens (including phenoxy) is 1. The minimum Gasteiger partial charge on any atom is -0.469 e. The third-order valence-electron chi connectivity index (χ3n) is 3.36. The molecule has 2 saturated heterocycles. The Kier molecular flexibility index (Phi) is 2.61. The van der Waals surface area contributed by atoms with Crippen LogP contribution >= 0.6 is 0 Å². The molecule has 6 nitrogen and oxygen atoms in total. The number of nitrogens with zero attached hydrogens (tertiary/aromatic N) is 1. The molecule has 0 aromatic rings. The summed E-state index contributed by atoms with van der Waals surface area (Å²) in [4.78, 5) is 1.95. The van der Waals surface area contributed by atoms with Crippen LogP contribution in [0.2, 0.25) is 0 Å². The lowest BCUT2D eigenvalue weighted by atomic mass is 10.1. The zero-order valence-corrected chi connectivity index (χ0v) is 10.1. The minimum atomic E-state index is -3.26. The average Bonchev–Trinajstić information content (AvgIpc) is 2.47. The van der Waals surface area contributed by atoms with Gasteiger partial charge in [0.15, 0.2) is 0 Å². The molecular weight excluding hydrogens is 242 g/mol. The van der Waals surface area contributed by atoms with Crippen molar-refractivity contribution < 1.29 is 13.2 Å². The van der Waals surface area contributed by atoms with Gasteiger partial charge in [0.05, 0.1) is 12.2 Å². The quantitative estimate of drug-likeness (QED) is 0.620. The lowest BCUT2D eigenvalue weighted by Crippen LogP contribution is -2.55. The third-order valence-corrected chi connectivity index (χ3v) is 5.20. The van der Waals surface area contributed by atoms with Gasteiger partial charge in [-0.25, -0.2) is 13.1 Å². The predicted molar refractivity (Wildman–Crippen MR) is 61.9 cm³/mol. The summed E-state index contributed by atoms with van der Waals surface area (Å²) in [6.07, 6.45) is 6.31. The lowest BCUT2D eigenvalue weighted by Gasteiger charge is -2.38. The monoisotopic (exact) mass is 257 g/mol. The second-order valence-electron chi connectivity index (χ2n) is 4.38. The molecule has 3 aliphatic heterocycles. The van der Waals surface area contributed by atoms with Crippen LogP contribution in [-0.2, 0) is 14.8 Å². The van der Waals surface area contributed by atoms with E-state index < -0.39 is 15.3 Å². The third kappa shape index (κ3) is 1.84. The van der Waals surface area contributed by atoms with Crippen LogP contribution in [0.5, 0.6) is 0 Å². The van der Waals surface area contributed by atoms with E-state index >= 15 is 0 Å². The summed E-state index contributed by atoms with van der Waals surface area (Å²) in [5.74, 6) is 0. The van der Waals surface area contributed by atoms with Crippen molar-refractivity contribution in [3.8, 4) is 0 Å². The van der Waals surface area contributed by atoms with E-state index in [0.717, 1.165) is 18.7 Å². The summed E-state index contributed by atoms with van der Waals surface area (Å²) >= 11 is 0. The molecule has 2 unspecified atom stereocenters. The molecule has 0 aliphatic carbocycles. The Morgan fingerprint density at radius 2 is 2.35 bits per heavy atom. The molecule has 17 heavy (non-hydrogen) atoms. The fourth-order valence-corrected chi connectivity index (χ4v) is 4.11. The zero-order valence-electron chi connectivity index (χ0n) is 9.30. The van der Waals surface area contributed by atoms with Gasteiger partial charge in [0.1, 0.15) is 23.9 Å². The van der Waals surface area contributed by atoms with E-state index in [1.54, 1.807) is 18.7 Å². The van der Waals surface area contributed by atoms with Crippen molar-refractivity contribution >= 4 is 10.0 Å². The van der Waals surface area contributed by atoms with E-state index in [1.807, 2.05) is 4.90 Å². The summed E-state index contributed by atoms with van der Waals surface area (Å²) in [6.45, 7) is 1.12. The van der Waals surface area contributed by atoms with Gasteiger partial charge in [0.25, 0.3) is 0 Å². The molecule has 2 atom stereocenters. The molecular formula is C10H15N3O3S. The van der Waals surface area contributed by atoms with Crippen molar-refractivity contribution in [3.05, 3.63) is 24.4 Å². The first-order valence-electron chi connectivity index (χ1n) is 5.70. The van der Waals surface area contributed by atoms with E-state index in [1.165, 1.54) is 0 Å². The van der Waals surface area contributed by atoms with E-state index in [2.05, 4.69) is 10.0 Å². The standard InChI is InChI=1S/C10H15N3O3S/c14-17(15)9-2-1-3-11-10(9)13-4-5-16-7-8(13)6-12-17/h4-5,7,9-12H,1-3,6H2. The van der Waals surface area contributed by atoms with Gasteiger partial charge in [0.2, 0.25) is 10.0 Å². The van der Waals surface area contributed by atoms with Crippen LogP contribution in [0.25, 0.3) is 0 Å². The van der Waals surface area contributed by atoms with Crippen LogP contribution in [0.15, 0.2) is 24.4 Å². The van der Waals surface area contributed by atoms with Gasteiger partial charge in [-0.15, -0.1) is 0 Å².